The van der Waals surface area contributed by atoms with Crippen molar-refractivity contribution in [3.8, 4) is 45.2 Å². The van der Waals surface area contributed by atoms with Crippen LogP contribution in [0.25, 0.3) is 33.4 Å². The molecule has 0 aromatic heterocycles. The van der Waals surface area contributed by atoms with Crippen molar-refractivity contribution >= 4 is 11.8 Å². The Morgan fingerprint density at radius 3 is 1.19 bits per heavy atom. The van der Waals surface area contributed by atoms with E-state index in [0.29, 0.717) is 11.3 Å². The van der Waals surface area contributed by atoms with Crippen LogP contribution >= 0.6 is 0 Å². The van der Waals surface area contributed by atoms with Gasteiger partial charge in [-0.1, -0.05) is 175 Å². The maximum Gasteiger partial charge on any atom is 0.335 e. The smallest absolute Gasteiger partial charge is 0.335 e. The van der Waals surface area contributed by atoms with E-state index in [-0.39, 0.29) is 5.78 Å². The van der Waals surface area contributed by atoms with Crippen molar-refractivity contribution in [1.29, 1.82) is 5.26 Å². The predicted octanol–water partition coefficient (Wildman–Crippen LogP) is 12.2. The summed E-state index contributed by atoms with van der Waals surface area (Å²) >= 11 is 0. The fraction of sp³-hybridized carbons (Fsp3) is 0.0600. The van der Waals surface area contributed by atoms with E-state index in [4.69, 9.17) is 10.00 Å². The van der Waals surface area contributed by atoms with Crippen molar-refractivity contribution in [3.05, 3.63) is 222 Å². The number of ether oxygens (including phenoxy) is 1. The monoisotopic (exact) mass is 703 g/mol. The first-order chi connectivity index (χ1) is 26.2. The van der Waals surface area contributed by atoms with Gasteiger partial charge in [0.2, 0.25) is 0 Å². The second-order valence-electron chi connectivity index (χ2n) is 12.7. The summed E-state index contributed by atoms with van der Waals surface area (Å²) in [5.41, 5.74) is 12.7. The van der Waals surface area contributed by atoms with E-state index in [9.17, 15) is 9.59 Å². The van der Waals surface area contributed by atoms with E-state index in [1.165, 1.54) is 27.8 Å². The number of esters is 1. The molecule has 0 saturated heterocycles. The number of carbonyl (C=O) groups is 2. The molecule has 7 rings (SSSR count). The lowest BCUT2D eigenvalue weighted by Crippen LogP contribution is -2.02. The molecule has 54 heavy (non-hydrogen) atoms. The number of benzene rings is 7. The first-order valence-corrected chi connectivity index (χ1v) is 17.6. The number of hydrogen-bond acceptors (Lipinski definition) is 4. The van der Waals surface area contributed by atoms with Gasteiger partial charge in [-0.15, -0.1) is 0 Å². The topological polar surface area (TPSA) is 67.2 Å². The third-order valence-electron chi connectivity index (χ3n) is 8.59. The van der Waals surface area contributed by atoms with E-state index >= 15 is 0 Å². The molecule has 0 spiro atoms. The molecule has 0 amide bonds. The molecule has 0 aliphatic rings. The zero-order valence-electron chi connectivity index (χ0n) is 30.7. The van der Waals surface area contributed by atoms with Crippen LogP contribution in [0.1, 0.15) is 38.2 Å². The van der Waals surface area contributed by atoms with Crippen LogP contribution in [0, 0.1) is 32.1 Å². The minimum Gasteiger partial charge on any atom is -0.423 e. The van der Waals surface area contributed by atoms with Crippen molar-refractivity contribution in [1.82, 2.24) is 0 Å². The van der Waals surface area contributed by atoms with Crippen molar-refractivity contribution in [2.75, 3.05) is 0 Å². The Labute approximate surface area is 318 Å². The molecule has 0 aliphatic carbocycles. The molecular weight excluding hydrogens is 663 g/mol. The van der Waals surface area contributed by atoms with Crippen molar-refractivity contribution in [3.63, 3.8) is 0 Å². The maximum atomic E-state index is 12.3. The molecule has 0 bridgehead atoms. The quantitative estimate of drug-likeness (QED) is 0.0717. The van der Waals surface area contributed by atoms with Crippen LogP contribution in [0.4, 0.5) is 0 Å². The van der Waals surface area contributed by atoms with Crippen LogP contribution in [0.2, 0.25) is 0 Å². The zero-order chi connectivity index (χ0) is 38.3. The Kier molecular flexibility index (Phi) is 13.4. The molecule has 0 N–H and O–H groups in total. The minimum atomic E-state index is -0.446. The molecule has 264 valence electrons. The fourth-order valence-corrected chi connectivity index (χ4v) is 5.42. The van der Waals surface area contributed by atoms with Gasteiger partial charge in [0.25, 0.3) is 0 Å². The summed E-state index contributed by atoms with van der Waals surface area (Å²) in [4.78, 5) is 23.4. The van der Waals surface area contributed by atoms with Crippen LogP contribution < -0.4 is 4.74 Å². The van der Waals surface area contributed by atoms with Gasteiger partial charge in [-0.05, 0) is 78.4 Å². The molecule has 0 radical (unpaired) electrons. The van der Waals surface area contributed by atoms with Gasteiger partial charge in [-0.2, -0.15) is 5.26 Å². The number of rotatable bonds is 7. The Morgan fingerprint density at radius 2 is 0.815 bits per heavy atom. The molecule has 0 atom stereocenters. The Balaban J connectivity index is 0.000000158. The van der Waals surface area contributed by atoms with E-state index in [0.717, 1.165) is 39.5 Å². The summed E-state index contributed by atoms with van der Waals surface area (Å²) in [6, 6.07) is 59.3. The summed E-state index contributed by atoms with van der Waals surface area (Å²) in [6.07, 6.45) is 1.15. The second kappa shape index (κ2) is 18.9. The summed E-state index contributed by atoms with van der Waals surface area (Å²) in [7, 11) is 0. The normalized spacial score (nSPS) is 9.96. The number of ketones is 1. The van der Waals surface area contributed by atoms with E-state index < -0.39 is 5.97 Å². The lowest BCUT2D eigenvalue weighted by atomic mass is 9.99. The highest BCUT2D eigenvalue weighted by molar-refractivity contribution is 6.09. The van der Waals surface area contributed by atoms with Gasteiger partial charge in [0, 0.05) is 17.2 Å². The van der Waals surface area contributed by atoms with Crippen LogP contribution in [0.15, 0.2) is 189 Å². The van der Waals surface area contributed by atoms with Gasteiger partial charge in [0.1, 0.15) is 5.75 Å². The minimum absolute atomic E-state index is 0.0612. The second-order valence-corrected chi connectivity index (χ2v) is 12.7. The summed E-state index contributed by atoms with van der Waals surface area (Å²) < 4.78 is 5.02. The van der Waals surface area contributed by atoms with Gasteiger partial charge < -0.3 is 4.74 Å². The fourth-order valence-electron chi connectivity index (χ4n) is 5.42. The van der Waals surface area contributed by atoms with Crippen molar-refractivity contribution in [2.45, 2.75) is 20.8 Å². The summed E-state index contributed by atoms with van der Waals surface area (Å²) in [6.45, 7) is 9.56. The average Bonchev–Trinajstić information content (AvgIpc) is 3.22. The zero-order valence-corrected chi connectivity index (χ0v) is 30.7. The van der Waals surface area contributed by atoms with E-state index in [1.807, 2.05) is 91.0 Å². The van der Waals surface area contributed by atoms with Gasteiger partial charge in [-0.25, -0.2) is 4.79 Å². The molecule has 0 heterocycles. The molecule has 0 saturated carbocycles. The molecule has 0 unspecified atom stereocenters. The predicted molar refractivity (Wildman–Crippen MR) is 220 cm³/mol. The number of hydrogen-bond donors (Lipinski definition) is 0. The number of nitriles is 1. The molecular formula is C50H41NO3. The lowest BCUT2D eigenvalue weighted by molar-refractivity contribution is -0.128. The Morgan fingerprint density at radius 1 is 0.481 bits per heavy atom. The van der Waals surface area contributed by atoms with Crippen molar-refractivity contribution < 1.29 is 14.3 Å². The van der Waals surface area contributed by atoms with Crippen LogP contribution in [-0.2, 0) is 4.79 Å². The molecule has 4 nitrogen and oxygen atoms in total. The standard InChI is InChI=1S/C20H16O.C16H14O2.C14H11N/c1-15-7-9-16(10-8-15)17-11-13-19(14-12-17)20(21)18-5-3-2-4-6-18;1-3-16(17)18-15-10-8-14(9-11-15)13-6-4-12(2)5-7-13;1-11-2-6-13(7-3-11)14-8-4-12(10-15)5-9-14/h2-14H,1H3;3-11H,1H2,2H3;2-9H,1H3. The summed E-state index contributed by atoms with van der Waals surface area (Å²) in [5, 5.41) is 8.69. The van der Waals surface area contributed by atoms with Crippen LogP contribution in [0.5, 0.6) is 5.75 Å². The van der Waals surface area contributed by atoms with E-state index in [2.05, 4.69) is 106 Å². The SMILES string of the molecule is C=CC(=O)Oc1ccc(-c2ccc(C)cc2)cc1.Cc1ccc(-c2ccc(C#N)cc2)cc1.Cc1ccc(-c2ccc(C(=O)c3ccccc3)cc2)cc1. The average molecular weight is 704 g/mol. The van der Waals surface area contributed by atoms with Crippen LogP contribution in [-0.4, -0.2) is 11.8 Å². The Hall–Kier alpha value is -7.09. The lowest BCUT2D eigenvalue weighted by Gasteiger charge is -2.05. The van der Waals surface area contributed by atoms with Gasteiger partial charge in [0.15, 0.2) is 5.78 Å². The maximum absolute atomic E-state index is 12.3. The first-order valence-electron chi connectivity index (χ1n) is 17.6. The highest BCUT2D eigenvalue weighted by Crippen LogP contribution is 2.24. The number of nitrogens with zero attached hydrogens (tertiary/aromatic N) is 1. The number of aryl methyl sites for hydroxylation is 3. The largest absolute Gasteiger partial charge is 0.423 e. The van der Waals surface area contributed by atoms with Gasteiger partial charge >= 0.3 is 5.97 Å². The van der Waals surface area contributed by atoms with Crippen molar-refractivity contribution in [2.24, 2.45) is 0 Å². The highest BCUT2D eigenvalue weighted by Gasteiger charge is 2.08. The summed E-state index contributed by atoms with van der Waals surface area (Å²) in [5.74, 6) is 0.139. The molecule has 7 aromatic carbocycles. The Bertz CT molecular complexity index is 2320. The molecule has 0 fully saturated rings. The molecule has 4 heteroatoms. The van der Waals surface area contributed by atoms with E-state index in [1.54, 1.807) is 12.1 Å². The third kappa shape index (κ3) is 11.0. The molecule has 7 aromatic rings. The number of carbonyl (C=O) groups excluding carboxylic acids is 2. The highest BCUT2D eigenvalue weighted by atomic mass is 16.5. The first kappa shape index (κ1) is 38.1. The third-order valence-corrected chi connectivity index (χ3v) is 8.59. The van der Waals surface area contributed by atoms with Gasteiger partial charge in [-0.3, -0.25) is 4.79 Å². The molecule has 0 aliphatic heterocycles. The van der Waals surface area contributed by atoms with Gasteiger partial charge in [0.05, 0.1) is 11.6 Å². The van der Waals surface area contributed by atoms with Crippen LogP contribution in [0.3, 0.4) is 0 Å².